The van der Waals surface area contributed by atoms with Gasteiger partial charge in [-0.1, -0.05) is 25.1 Å². The molecule has 2 rings (SSSR count). The summed E-state index contributed by atoms with van der Waals surface area (Å²) in [6.07, 6.45) is 2.04. The van der Waals surface area contributed by atoms with Crippen molar-refractivity contribution in [2.75, 3.05) is 7.11 Å². The number of methoxy groups -OCH3 is 1. The molecule has 0 heterocycles. The Bertz CT molecular complexity index is 357. The molecule has 0 radical (unpaired) electrons. The average molecular weight is 190 g/mol. The van der Waals surface area contributed by atoms with Crippen molar-refractivity contribution in [3.05, 3.63) is 34.9 Å². The summed E-state index contributed by atoms with van der Waals surface area (Å²) in [5.41, 5.74) is 3.17. The number of rotatable bonds is 2. The lowest BCUT2D eigenvalue weighted by Crippen LogP contribution is -2.05. The molecule has 1 aromatic rings. The first-order chi connectivity index (χ1) is 6.77. The van der Waals surface area contributed by atoms with Crippen LogP contribution in [-0.2, 0) is 11.2 Å². The van der Waals surface area contributed by atoms with Crippen LogP contribution in [0.15, 0.2) is 18.2 Å². The maximum absolute atomic E-state index is 10.8. The fourth-order valence-corrected chi connectivity index (χ4v) is 2.33. The highest BCUT2D eigenvalue weighted by molar-refractivity contribution is 5.78. The molecule has 0 bridgehead atoms. The molecule has 1 aliphatic carbocycles. The van der Waals surface area contributed by atoms with Crippen LogP contribution >= 0.6 is 0 Å². The Labute approximate surface area is 83.9 Å². The highest BCUT2D eigenvalue weighted by atomic mass is 16.5. The molecular formula is C12H14O2. The van der Waals surface area contributed by atoms with Gasteiger partial charge in [-0.15, -0.1) is 0 Å². The minimum absolute atomic E-state index is 0.157. The maximum atomic E-state index is 10.8. The van der Waals surface area contributed by atoms with Gasteiger partial charge in [-0.3, -0.25) is 4.79 Å². The van der Waals surface area contributed by atoms with E-state index in [4.69, 9.17) is 4.74 Å². The van der Waals surface area contributed by atoms with Crippen LogP contribution in [0.25, 0.3) is 0 Å². The first-order valence-corrected chi connectivity index (χ1v) is 4.87. The van der Waals surface area contributed by atoms with Crippen LogP contribution in [0, 0.1) is 5.92 Å². The third-order valence-corrected chi connectivity index (χ3v) is 2.98. The van der Waals surface area contributed by atoms with Gasteiger partial charge in [0.05, 0.1) is 6.10 Å². The van der Waals surface area contributed by atoms with Crippen LogP contribution < -0.4 is 0 Å². The van der Waals surface area contributed by atoms with Crippen molar-refractivity contribution in [1.29, 1.82) is 0 Å². The highest BCUT2D eigenvalue weighted by Crippen LogP contribution is 2.39. The molecule has 74 valence electrons. The third kappa shape index (κ3) is 1.26. The second-order valence-corrected chi connectivity index (χ2v) is 3.87. The van der Waals surface area contributed by atoms with Crippen LogP contribution in [0.5, 0.6) is 0 Å². The van der Waals surface area contributed by atoms with Crippen molar-refractivity contribution >= 4 is 6.29 Å². The molecule has 1 aliphatic rings. The molecule has 0 N–H and O–H groups in total. The molecule has 2 atom stereocenters. The smallest absolute Gasteiger partial charge is 0.150 e. The van der Waals surface area contributed by atoms with Crippen LogP contribution in [0.3, 0.4) is 0 Å². The molecule has 0 fully saturated rings. The van der Waals surface area contributed by atoms with Gasteiger partial charge in [0.15, 0.2) is 0 Å². The van der Waals surface area contributed by atoms with Gasteiger partial charge in [0.25, 0.3) is 0 Å². The van der Waals surface area contributed by atoms with E-state index in [9.17, 15) is 4.79 Å². The normalized spacial score (nSPS) is 24.7. The Morgan fingerprint density at radius 1 is 1.50 bits per heavy atom. The van der Waals surface area contributed by atoms with Gasteiger partial charge in [-0.05, 0) is 23.5 Å². The van der Waals surface area contributed by atoms with Gasteiger partial charge < -0.3 is 4.74 Å². The quantitative estimate of drug-likeness (QED) is 0.669. The highest BCUT2D eigenvalue weighted by Gasteiger charge is 2.30. The van der Waals surface area contributed by atoms with Crippen molar-refractivity contribution in [3.8, 4) is 0 Å². The summed E-state index contributed by atoms with van der Waals surface area (Å²) in [6, 6.07) is 5.85. The van der Waals surface area contributed by atoms with Crippen molar-refractivity contribution < 1.29 is 9.53 Å². The zero-order valence-electron chi connectivity index (χ0n) is 8.49. The number of benzene rings is 1. The number of carbonyl (C=O) groups is 1. The molecule has 2 heteroatoms. The van der Waals surface area contributed by atoms with Crippen molar-refractivity contribution in [3.63, 3.8) is 0 Å². The Morgan fingerprint density at radius 2 is 2.29 bits per heavy atom. The molecule has 0 spiro atoms. The fraction of sp³-hybridized carbons (Fsp3) is 0.417. The monoisotopic (exact) mass is 190 g/mol. The first kappa shape index (κ1) is 9.41. The number of aldehydes is 1. The third-order valence-electron chi connectivity index (χ3n) is 2.98. The minimum atomic E-state index is 0.157. The lowest BCUT2D eigenvalue weighted by atomic mass is 10.0. The van der Waals surface area contributed by atoms with Gasteiger partial charge in [-0.25, -0.2) is 0 Å². The molecule has 2 unspecified atom stereocenters. The summed E-state index contributed by atoms with van der Waals surface area (Å²) in [4.78, 5) is 10.8. The summed E-state index contributed by atoms with van der Waals surface area (Å²) in [7, 11) is 1.73. The summed E-state index contributed by atoms with van der Waals surface area (Å²) >= 11 is 0. The fourth-order valence-electron chi connectivity index (χ4n) is 2.33. The molecule has 2 nitrogen and oxygen atoms in total. The van der Waals surface area contributed by atoms with Gasteiger partial charge in [-0.2, -0.15) is 0 Å². The number of hydrogen-bond donors (Lipinski definition) is 0. The minimum Gasteiger partial charge on any atom is -0.376 e. The Kier molecular flexibility index (Phi) is 2.38. The Hall–Kier alpha value is -1.15. The van der Waals surface area contributed by atoms with E-state index in [1.807, 2.05) is 12.1 Å². The van der Waals surface area contributed by atoms with E-state index in [-0.39, 0.29) is 6.10 Å². The van der Waals surface area contributed by atoms with Crippen LogP contribution in [0.2, 0.25) is 0 Å². The predicted octanol–water partition coefficient (Wildman–Crippen LogP) is 2.38. The average Bonchev–Trinajstić information content (AvgIpc) is 2.52. The molecule has 0 saturated carbocycles. The summed E-state index contributed by atoms with van der Waals surface area (Å²) in [6.45, 7) is 2.16. The molecule has 0 amide bonds. The van der Waals surface area contributed by atoms with E-state index in [1.54, 1.807) is 7.11 Å². The standard InChI is InChI=1S/C12H14O2/c1-8-6-11-9(7-13)4-3-5-10(11)12(8)14-2/h3-5,7-8,12H,6H2,1-2H3. The zero-order valence-corrected chi connectivity index (χ0v) is 8.49. The number of carbonyl (C=O) groups excluding carboxylic acids is 1. The largest absolute Gasteiger partial charge is 0.376 e. The van der Waals surface area contributed by atoms with E-state index in [2.05, 4.69) is 13.0 Å². The number of hydrogen-bond acceptors (Lipinski definition) is 2. The van der Waals surface area contributed by atoms with E-state index >= 15 is 0 Å². The molecule has 0 saturated heterocycles. The lowest BCUT2D eigenvalue weighted by Gasteiger charge is -2.14. The van der Waals surface area contributed by atoms with Crippen molar-refractivity contribution in [2.24, 2.45) is 5.92 Å². The SMILES string of the molecule is COC1c2cccc(C=O)c2CC1C. The molecule has 14 heavy (non-hydrogen) atoms. The van der Waals surface area contributed by atoms with E-state index < -0.39 is 0 Å². The Morgan fingerprint density at radius 3 is 2.93 bits per heavy atom. The van der Waals surface area contributed by atoms with Gasteiger partial charge >= 0.3 is 0 Å². The van der Waals surface area contributed by atoms with Crippen LogP contribution in [0.4, 0.5) is 0 Å². The molecule has 0 aromatic heterocycles. The van der Waals surface area contributed by atoms with Gasteiger partial charge in [0, 0.05) is 12.7 Å². The molecular weight excluding hydrogens is 176 g/mol. The van der Waals surface area contributed by atoms with Crippen LogP contribution in [0.1, 0.15) is 34.5 Å². The molecule has 0 aliphatic heterocycles. The first-order valence-electron chi connectivity index (χ1n) is 4.87. The number of fused-ring (bicyclic) bond motifs is 1. The van der Waals surface area contributed by atoms with Crippen molar-refractivity contribution in [2.45, 2.75) is 19.4 Å². The number of ether oxygens (including phenoxy) is 1. The maximum Gasteiger partial charge on any atom is 0.150 e. The van der Waals surface area contributed by atoms with E-state index in [0.717, 1.165) is 18.3 Å². The Balaban J connectivity index is 2.50. The summed E-state index contributed by atoms with van der Waals surface area (Å²) < 4.78 is 5.43. The zero-order chi connectivity index (χ0) is 10.1. The lowest BCUT2D eigenvalue weighted by molar-refractivity contribution is 0.0695. The topological polar surface area (TPSA) is 26.3 Å². The second kappa shape index (κ2) is 3.54. The molecule has 1 aromatic carbocycles. The summed E-state index contributed by atoms with van der Waals surface area (Å²) in [5.74, 6) is 0.469. The second-order valence-electron chi connectivity index (χ2n) is 3.87. The van der Waals surface area contributed by atoms with E-state index in [1.165, 1.54) is 11.1 Å². The predicted molar refractivity (Wildman–Crippen MR) is 54.4 cm³/mol. The summed E-state index contributed by atoms with van der Waals surface area (Å²) in [5, 5.41) is 0. The van der Waals surface area contributed by atoms with Gasteiger partial charge in [0.2, 0.25) is 0 Å². The van der Waals surface area contributed by atoms with Gasteiger partial charge in [0.1, 0.15) is 6.29 Å². The van der Waals surface area contributed by atoms with Crippen LogP contribution in [-0.4, -0.2) is 13.4 Å². The van der Waals surface area contributed by atoms with E-state index in [0.29, 0.717) is 5.92 Å². The van der Waals surface area contributed by atoms with Crippen molar-refractivity contribution in [1.82, 2.24) is 0 Å².